The average Bonchev–Trinajstić information content (AvgIpc) is 2.58. The summed E-state index contributed by atoms with van der Waals surface area (Å²) < 4.78 is 10.8. The minimum absolute atomic E-state index is 0.0461. The van der Waals surface area contributed by atoms with E-state index in [-0.39, 0.29) is 24.4 Å². The Bertz CT molecular complexity index is 611. The van der Waals surface area contributed by atoms with Crippen molar-refractivity contribution in [3.05, 3.63) is 29.8 Å². The first kappa shape index (κ1) is 20.5. The van der Waals surface area contributed by atoms with Crippen LogP contribution in [0.4, 0.5) is 0 Å². The Morgan fingerprint density at radius 2 is 1.96 bits per heavy atom. The van der Waals surface area contributed by atoms with Crippen LogP contribution < -0.4 is 14.8 Å². The third kappa shape index (κ3) is 6.87. The van der Waals surface area contributed by atoms with Gasteiger partial charge in [-0.2, -0.15) is 0 Å². The van der Waals surface area contributed by atoms with Gasteiger partial charge in [-0.15, -0.1) is 0 Å². The molecule has 0 aliphatic carbocycles. The molecule has 0 aliphatic heterocycles. The van der Waals surface area contributed by atoms with Gasteiger partial charge in [-0.25, -0.2) is 0 Å². The molecular formula is C19H28N2O4. The lowest BCUT2D eigenvalue weighted by molar-refractivity contribution is -0.132. The second-order valence-corrected chi connectivity index (χ2v) is 5.75. The Morgan fingerprint density at radius 1 is 1.24 bits per heavy atom. The van der Waals surface area contributed by atoms with Crippen LogP contribution in [0.25, 0.3) is 6.08 Å². The van der Waals surface area contributed by atoms with Crippen molar-refractivity contribution < 1.29 is 19.1 Å². The maximum absolute atomic E-state index is 12.3. The number of methoxy groups -OCH3 is 1. The summed E-state index contributed by atoms with van der Waals surface area (Å²) in [6.07, 6.45) is 3.16. The SMILES string of the molecule is CCOc1ccc(C=CC(=O)N(CC)CC(=O)NC(C)C)cc1OC. The normalized spacial score (nSPS) is 10.8. The smallest absolute Gasteiger partial charge is 0.247 e. The minimum atomic E-state index is -0.214. The number of nitrogens with one attached hydrogen (secondary N) is 1. The standard InChI is InChI=1S/C19H28N2O4/c1-6-21(13-18(22)20-14(3)4)19(23)11-9-15-8-10-16(25-7-2)17(12-15)24-5/h8-12,14H,6-7,13H2,1-5H3,(H,20,22). The molecular weight excluding hydrogens is 320 g/mol. The lowest BCUT2D eigenvalue weighted by Gasteiger charge is -2.19. The number of carbonyl (C=O) groups excluding carboxylic acids is 2. The highest BCUT2D eigenvalue weighted by Gasteiger charge is 2.13. The molecule has 1 rings (SSSR count). The van der Waals surface area contributed by atoms with Crippen molar-refractivity contribution in [1.29, 1.82) is 0 Å². The fraction of sp³-hybridized carbons (Fsp3) is 0.474. The molecule has 0 aliphatic rings. The van der Waals surface area contributed by atoms with Crippen LogP contribution >= 0.6 is 0 Å². The highest BCUT2D eigenvalue weighted by Crippen LogP contribution is 2.28. The van der Waals surface area contributed by atoms with Crippen molar-refractivity contribution in [2.45, 2.75) is 33.7 Å². The van der Waals surface area contributed by atoms with Crippen LogP contribution in [0.5, 0.6) is 11.5 Å². The molecule has 0 heterocycles. The Kier molecular flexibility index (Phi) is 8.53. The van der Waals surface area contributed by atoms with Gasteiger partial charge in [0.05, 0.1) is 20.3 Å². The minimum Gasteiger partial charge on any atom is -0.493 e. The van der Waals surface area contributed by atoms with E-state index in [2.05, 4.69) is 5.32 Å². The highest BCUT2D eigenvalue weighted by molar-refractivity contribution is 5.94. The molecule has 6 heteroatoms. The van der Waals surface area contributed by atoms with Gasteiger partial charge in [0.1, 0.15) is 0 Å². The summed E-state index contributed by atoms with van der Waals surface area (Å²) >= 11 is 0. The van der Waals surface area contributed by atoms with Crippen LogP contribution in [0.1, 0.15) is 33.3 Å². The van der Waals surface area contributed by atoms with Gasteiger partial charge in [0.15, 0.2) is 11.5 Å². The largest absolute Gasteiger partial charge is 0.493 e. The van der Waals surface area contributed by atoms with Gasteiger partial charge in [-0.3, -0.25) is 9.59 Å². The van der Waals surface area contributed by atoms with Crippen LogP contribution in [-0.4, -0.2) is 49.6 Å². The molecule has 1 aromatic carbocycles. The molecule has 0 saturated heterocycles. The van der Waals surface area contributed by atoms with E-state index in [0.717, 1.165) is 5.56 Å². The number of amides is 2. The maximum atomic E-state index is 12.3. The van der Waals surface area contributed by atoms with Crippen LogP contribution in [0, 0.1) is 0 Å². The quantitative estimate of drug-likeness (QED) is 0.696. The monoisotopic (exact) mass is 348 g/mol. The zero-order valence-corrected chi connectivity index (χ0v) is 15.7. The molecule has 138 valence electrons. The van der Waals surface area contributed by atoms with E-state index < -0.39 is 0 Å². The van der Waals surface area contributed by atoms with Gasteiger partial charge in [-0.1, -0.05) is 6.07 Å². The van der Waals surface area contributed by atoms with E-state index >= 15 is 0 Å². The first-order valence-corrected chi connectivity index (χ1v) is 8.48. The Labute approximate surface area is 149 Å². The summed E-state index contributed by atoms with van der Waals surface area (Å²) in [7, 11) is 1.57. The van der Waals surface area contributed by atoms with E-state index in [9.17, 15) is 9.59 Å². The Hall–Kier alpha value is -2.50. The number of hydrogen-bond acceptors (Lipinski definition) is 4. The molecule has 6 nitrogen and oxygen atoms in total. The van der Waals surface area contributed by atoms with E-state index in [1.807, 2.05) is 33.8 Å². The number of hydrogen-bond donors (Lipinski definition) is 1. The fourth-order valence-corrected chi connectivity index (χ4v) is 2.22. The molecule has 0 aromatic heterocycles. The molecule has 0 spiro atoms. The summed E-state index contributed by atoms with van der Waals surface area (Å²) in [6, 6.07) is 5.50. The van der Waals surface area contributed by atoms with Crippen molar-refractivity contribution in [1.82, 2.24) is 10.2 Å². The molecule has 25 heavy (non-hydrogen) atoms. The van der Waals surface area contributed by atoms with Gasteiger partial charge < -0.3 is 19.7 Å². The van der Waals surface area contributed by atoms with Crippen molar-refractivity contribution in [2.24, 2.45) is 0 Å². The molecule has 1 aromatic rings. The van der Waals surface area contributed by atoms with Crippen LogP contribution in [-0.2, 0) is 9.59 Å². The summed E-state index contributed by atoms with van der Waals surface area (Å²) in [5, 5.41) is 2.78. The van der Waals surface area contributed by atoms with E-state index in [1.54, 1.807) is 25.3 Å². The number of carbonyl (C=O) groups is 2. The third-order valence-corrected chi connectivity index (χ3v) is 3.38. The van der Waals surface area contributed by atoms with Crippen LogP contribution in [0.3, 0.4) is 0 Å². The molecule has 0 bridgehead atoms. The molecule has 0 atom stereocenters. The fourth-order valence-electron chi connectivity index (χ4n) is 2.22. The van der Waals surface area contributed by atoms with Crippen LogP contribution in [0.2, 0.25) is 0 Å². The first-order chi connectivity index (χ1) is 11.9. The zero-order valence-electron chi connectivity index (χ0n) is 15.7. The molecule has 0 radical (unpaired) electrons. The number of ether oxygens (including phenoxy) is 2. The van der Waals surface area contributed by atoms with Gasteiger partial charge >= 0.3 is 0 Å². The Balaban J connectivity index is 2.78. The van der Waals surface area contributed by atoms with Gasteiger partial charge in [0.25, 0.3) is 0 Å². The zero-order chi connectivity index (χ0) is 18.8. The topological polar surface area (TPSA) is 67.9 Å². The number of rotatable bonds is 9. The summed E-state index contributed by atoms with van der Waals surface area (Å²) in [5.41, 5.74) is 0.816. The molecule has 0 saturated carbocycles. The van der Waals surface area contributed by atoms with Gasteiger partial charge in [0.2, 0.25) is 11.8 Å². The second kappa shape index (κ2) is 10.4. The lowest BCUT2D eigenvalue weighted by atomic mass is 10.2. The Morgan fingerprint density at radius 3 is 2.52 bits per heavy atom. The van der Waals surface area contributed by atoms with Crippen LogP contribution in [0.15, 0.2) is 24.3 Å². The predicted octanol–water partition coefficient (Wildman–Crippen LogP) is 2.48. The number of nitrogens with zero attached hydrogens (tertiary/aromatic N) is 1. The van der Waals surface area contributed by atoms with E-state index in [0.29, 0.717) is 24.7 Å². The van der Waals surface area contributed by atoms with Crippen molar-refractivity contribution >= 4 is 17.9 Å². The maximum Gasteiger partial charge on any atom is 0.247 e. The number of likely N-dealkylation sites (N-methyl/N-ethyl adjacent to an activating group) is 1. The second-order valence-electron chi connectivity index (χ2n) is 5.75. The van der Waals surface area contributed by atoms with Crippen molar-refractivity contribution in [2.75, 3.05) is 26.8 Å². The third-order valence-electron chi connectivity index (χ3n) is 3.38. The van der Waals surface area contributed by atoms with Crippen molar-refractivity contribution in [3.8, 4) is 11.5 Å². The van der Waals surface area contributed by atoms with E-state index in [1.165, 1.54) is 11.0 Å². The lowest BCUT2D eigenvalue weighted by Crippen LogP contribution is -2.42. The first-order valence-electron chi connectivity index (χ1n) is 8.48. The molecule has 1 N–H and O–H groups in total. The summed E-state index contributed by atoms with van der Waals surface area (Å²) in [5.74, 6) is 0.893. The summed E-state index contributed by atoms with van der Waals surface area (Å²) in [6.45, 7) is 8.57. The van der Waals surface area contributed by atoms with Gasteiger partial charge in [0, 0.05) is 18.7 Å². The average molecular weight is 348 g/mol. The highest BCUT2D eigenvalue weighted by atomic mass is 16.5. The van der Waals surface area contributed by atoms with Gasteiger partial charge in [-0.05, 0) is 51.5 Å². The van der Waals surface area contributed by atoms with E-state index in [4.69, 9.17) is 9.47 Å². The molecule has 2 amide bonds. The van der Waals surface area contributed by atoms with Crippen molar-refractivity contribution in [3.63, 3.8) is 0 Å². The summed E-state index contributed by atoms with van der Waals surface area (Å²) in [4.78, 5) is 25.6. The molecule has 0 unspecified atom stereocenters. The number of benzene rings is 1. The molecule has 0 fully saturated rings. The predicted molar refractivity (Wildman–Crippen MR) is 98.7 cm³/mol.